The first-order chi connectivity index (χ1) is 12.5. The number of halogens is 1. The highest BCUT2D eigenvalue weighted by molar-refractivity contribution is 9.10. The van der Waals surface area contributed by atoms with Crippen LogP contribution in [0.3, 0.4) is 0 Å². The van der Waals surface area contributed by atoms with E-state index in [1.165, 1.54) is 16.5 Å². The van der Waals surface area contributed by atoms with Crippen molar-refractivity contribution in [2.45, 2.75) is 26.7 Å². The van der Waals surface area contributed by atoms with Gasteiger partial charge in [-0.25, -0.2) is 4.98 Å². The van der Waals surface area contributed by atoms with Gasteiger partial charge < -0.3 is 4.98 Å². The van der Waals surface area contributed by atoms with Gasteiger partial charge in [0, 0.05) is 26.7 Å². The molecule has 4 aromatic rings. The first kappa shape index (κ1) is 17.0. The van der Waals surface area contributed by atoms with Crippen LogP contribution in [-0.2, 0) is 0 Å². The zero-order valence-corrected chi connectivity index (χ0v) is 16.8. The summed E-state index contributed by atoms with van der Waals surface area (Å²) in [5.41, 5.74) is 7.87. The van der Waals surface area contributed by atoms with E-state index >= 15 is 0 Å². The summed E-state index contributed by atoms with van der Waals surface area (Å²) in [5, 5.41) is 1.17. The van der Waals surface area contributed by atoms with Crippen molar-refractivity contribution in [1.29, 1.82) is 0 Å². The number of aromatic nitrogens is 2. The Kier molecular flexibility index (Phi) is 4.41. The number of hydrogen-bond acceptors (Lipinski definition) is 1. The second-order valence-electron chi connectivity index (χ2n) is 7.03. The molecular weight excluding hydrogens is 384 g/mol. The molecule has 130 valence electrons. The molecule has 0 amide bonds. The van der Waals surface area contributed by atoms with Crippen molar-refractivity contribution in [2.24, 2.45) is 0 Å². The van der Waals surface area contributed by atoms with Gasteiger partial charge in [-0.15, -0.1) is 0 Å². The van der Waals surface area contributed by atoms with E-state index < -0.39 is 0 Å². The largest absolute Gasteiger partial charge is 0.339 e. The zero-order chi connectivity index (χ0) is 18.3. The lowest BCUT2D eigenvalue weighted by molar-refractivity contribution is 0.866. The molecular formula is C23H21BrN2. The maximum absolute atomic E-state index is 4.86. The zero-order valence-electron chi connectivity index (χ0n) is 15.2. The maximum atomic E-state index is 4.86. The standard InChI is InChI=1S/C23H21BrN2/c1-14(2)17-9-10-18(20(24)12-17)22-13-19-15(3)11-21(25-23(19)26-22)16-7-5-4-6-8-16/h4-14H,1-3H3,(H,25,26). The van der Waals surface area contributed by atoms with Gasteiger partial charge in [-0.05, 0) is 42.2 Å². The minimum atomic E-state index is 0.514. The lowest BCUT2D eigenvalue weighted by Crippen LogP contribution is -1.89. The first-order valence-electron chi connectivity index (χ1n) is 8.88. The van der Waals surface area contributed by atoms with Crippen molar-refractivity contribution >= 4 is 27.0 Å². The Labute approximate surface area is 162 Å². The second kappa shape index (κ2) is 6.73. The number of H-pyrrole nitrogens is 1. The Morgan fingerprint density at radius 3 is 2.42 bits per heavy atom. The highest BCUT2D eigenvalue weighted by Gasteiger charge is 2.12. The number of nitrogens with zero attached hydrogens (tertiary/aromatic N) is 1. The van der Waals surface area contributed by atoms with Gasteiger partial charge in [0.2, 0.25) is 0 Å². The molecule has 0 aliphatic carbocycles. The number of rotatable bonds is 3. The predicted molar refractivity (Wildman–Crippen MR) is 113 cm³/mol. The summed E-state index contributed by atoms with van der Waals surface area (Å²) in [7, 11) is 0. The van der Waals surface area contributed by atoms with Crippen LogP contribution in [0.5, 0.6) is 0 Å². The van der Waals surface area contributed by atoms with E-state index in [0.717, 1.165) is 32.6 Å². The van der Waals surface area contributed by atoms with Crippen molar-refractivity contribution in [3.63, 3.8) is 0 Å². The van der Waals surface area contributed by atoms with Gasteiger partial charge in [0.25, 0.3) is 0 Å². The average Bonchev–Trinajstić information content (AvgIpc) is 3.06. The number of pyridine rings is 1. The number of fused-ring (bicyclic) bond motifs is 1. The molecule has 4 rings (SSSR count). The fourth-order valence-electron chi connectivity index (χ4n) is 3.28. The molecule has 0 unspecified atom stereocenters. The highest BCUT2D eigenvalue weighted by atomic mass is 79.9. The van der Waals surface area contributed by atoms with Crippen LogP contribution in [0.2, 0.25) is 0 Å². The Morgan fingerprint density at radius 2 is 1.73 bits per heavy atom. The van der Waals surface area contributed by atoms with E-state index in [2.05, 4.69) is 84.1 Å². The van der Waals surface area contributed by atoms with Crippen molar-refractivity contribution in [3.8, 4) is 22.5 Å². The lowest BCUT2D eigenvalue weighted by atomic mass is 10.0. The van der Waals surface area contributed by atoms with Crippen LogP contribution in [0.4, 0.5) is 0 Å². The molecule has 26 heavy (non-hydrogen) atoms. The number of benzene rings is 2. The van der Waals surface area contributed by atoms with Crippen LogP contribution in [-0.4, -0.2) is 9.97 Å². The Balaban J connectivity index is 1.82. The molecule has 1 N–H and O–H groups in total. The van der Waals surface area contributed by atoms with Crippen molar-refractivity contribution in [2.75, 3.05) is 0 Å². The minimum Gasteiger partial charge on any atom is -0.339 e. The fraction of sp³-hybridized carbons (Fsp3) is 0.174. The lowest BCUT2D eigenvalue weighted by Gasteiger charge is -2.08. The van der Waals surface area contributed by atoms with Crippen molar-refractivity contribution in [3.05, 3.63) is 76.3 Å². The van der Waals surface area contributed by atoms with Crippen LogP contribution in [0.15, 0.2) is 65.1 Å². The first-order valence-corrected chi connectivity index (χ1v) is 9.68. The summed E-state index contributed by atoms with van der Waals surface area (Å²) in [6.45, 7) is 6.57. The summed E-state index contributed by atoms with van der Waals surface area (Å²) in [6, 6.07) is 21.3. The molecule has 0 saturated carbocycles. The molecule has 2 nitrogen and oxygen atoms in total. The summed E-state index contributed by atoms with van der Waals surface area (Å²) in [6.07, 6.45) is 0. The maximum Gasteiger partial charge on any atom is 0.138 e. The SMILES string of the molecule is Cc1cc(-c2ccccc2)nc2[nH]c(-c3ccc(C(C)C)cc3Br)cc12. The fourth-order valence-corrected chi connectivity index (χ4v) is 3.89. The van der Waals surface area contributed by atoms with Gasteiger partial charge in [-0.1, -0.05) is 72.2 Å². The summed E-state index contributed by atoms with van der Waals surface area (Å²) >= 11 is 3.74. The third-order valence-electron chi connectivity index (χ3n) is 4.83. The third-order valence-corrected chi connectivity index (χ3v) is 5.48. The molecule has 2 heterocycles. The molecule has 0 saturated heterocycles. The molecule has 2 aromatic carbocycles. The third kappa shape index (κ3) is 3.08. The monoisotopic (exact) mass is 404 g/mol. The van der Waals surface area contributed by atoms with Crippen LogP contribution < -0.4 is 0 Å². The van der Waals surface area contributed by atoms with E-state index in [4.69, 9.17) is 4.98 Å². The Bertz CT molecular complexity index is 1080. The van der Waals surface area contributed by atoms with Crippen LogP contribution in [0.1, 0.15) is 30.9 Å². The topological polar surface area (TPSA) is 28.7 Å². The van der Waals surface area contributed by atoms with Gasteiger partial charge in [-0.2, -0.15) is 0 Å². The number of nitrogens with one attached hydrogen (secondary N) is 1. The molecule has 0 aliphatic heterocycles. The van der Waals surface area contributed by atoms with Crippen LogP contribution in [0, 0.1) is 6.92 Å². The molecule has 0 fully saturated rings. The van der Waals surface area contributed by atoms with Gasteiger partial charge >= 0.3 is 0 Å². The van der Waals surface area contributed by atoms with Crippen LogP contribution in [0.25, 0.3) is 33.5 Å². The van der Waals surface area contributed by atoms with Gasteiger partial charge in [-0.3, -0.25) is 0 Å². The highest BCUT2D eigenvalue weighted by Crippen LogP contribution is 2.34. The summed E-state index contributed by atoms with van der Waals surface area (Å²) in [4.78, 5) is 8.37. The average molecular weight is 405 g/mol. The number of hydrogen-bond donors (Lipinski definition) is 1. The van der Waals surface area contributed by atoms with Gasteiger partial charge in [0.1, 0.15) is 5.65 Å². The number of aromatic amines is 1. The Hall–Kier alpha value is -2.39. The molecule has 0 spiro atoms. The molecule has 3 heteroatoms. The predicted octanol–water partition coefficient (Wildman–Crippen LogP) is 7.09. The summed E-state index contributed by atoms with van der Waals surface area (Å²) in [5.74, 6) is 0.514. The van der Waals surface area contributed by atoms with E-state index in [1.54, 1.807) is 0 Å². The van der Waals surface area contributed by atoms with Crippen LogP contribution >= 0.6 is 15.9 Å². The smallest absolute Gasteiger partial charge is 0.138 e. The second-order valence-corrected chi connectivity index (χ2v) is 7.88. The minimum absolute atomic E-state index is 0.514. The van der Waals surface area contributed by atoms with E-state index in [0.29, 0.717) is 5.92 Å². The van der Waals surface area contributed by atoms with Gasteiger partial charge in [0.15, 0.2) is 0 Å². The van der Waals surface area contributed by atoms with E-state index in [1.807, 2.05) is 18.2 Å². The molecule has 0 radical (unpaired) electrons. The normalized spacial score (nSPS) is 11.4. The molecule has 0 aliphatic rings. The van der Waals surface area contributed by atoms with E-state index in [-0.39, 0.29) is 0 Å². The van der Waals surface area contributed by atoms with Crippen molar-refractivity contribution < 1.29 is 0 Å². The van der Waals surface area contributed by atoms with E-state index in [9.17, 15) is 0 Å². The molecule has 0 atom stereocenters. The quantitative estimate of drug-likeness (QED) is 0.387. The number of aryl methyl sites for hydroxylation is 1. The molecule has 0 bridgehead atoms. The molecule has 2 aromatic heterocycles. The summed E-state index contributed by atoms with van der Waals surface area (Å²) < 4.78 is 1.11. The Morgan fingerprint density at radius 1 is 0.962 bits per heavy atom. The van der Waals surface area contributed by atoms with Gasteiger partial charge in [0.05, 0.1) is 5.69 Å². The van der Waals surface area contributed by atoms with Crippen molar-refractivity contribution in [1.82, 2.24) is 9.97 Å².